The van der Waals surface area contributed by atoms with Crippen molar-refractivity contribution in [2.24, 2.45) is 0 Å². The summed E-state index contributed by atoms with van der Waals surface area (Å²) in [5.41, 5.74) is 2.44. The van der Waals surface area contributed by atoms with Crippen molar-refractivity contribution in [2.45, 2.75) is 52.1 Å². The molecule has 0 aliphatic rings. The lowest BCUT2D eigenvalue weighted by Gasteiger charge is -2.09. The summed E-state index contributed by atoms with van der Waals surface area (Å²) in [4.78, 5) is 23.5. The largest absolute Gasteiger partial charge is 0.435 e. The Kier molecular flexibility index (Phi) is 6.77. The van der Waals surface area contributed by atoms with E-state index in [0.29, 0.717) is 0 Å². The molecule has 0 radical (unpaired) electrons. The summed E-state index contributed by atoms with van der Waals surface area (Å²) in [6.07, 6.45) is -9.71. The maximum atomic E-state index is 12.6. The second-order valence-electron chi connectivity index (χ2n) is 6.38. The zero-order valence-corrected chi connectivity index (χ0v) is 15.9. The number of carbonyl (C=O) groups is 2. The van der Waals surface area contributed by atoms with Gasteiger partial charge >= 0.3 is 12.4 Å². The molecule has 0 atom stereocenters. The first-order valence-electron chi connectivity index (χ1n) is 8.58. The molecule has 2 rings (SSSR count). The molecule has 0 unspecified atom stereocenters. The Balaban J connectivity index is 1.77. The topological polar surface area (TPSA) is 93.8 Å². The van der Waals surface area contributed by atoms with E-state index in [1.165, 1.54) is 13.8 Å². The zero-order chi connectivity index (χ0) is 22.7. The van der Waals surface area contributed by atoms with E-state index in [1.54, 1.807) is 0 Å². The van der Waals surface area contributed by atoms with Crippen molar-refractivity contribution >= 4 is 11.8 Å². The molecule has 0 bridgehead atoms. The Morgan fingerprint density at radius 2 is 1.13 bits per heavy atom. The third kappa shape index (κ3) is 6.22. The van der Waals surface area contributed by atoms with Crippen LogP contribution in [0.1, 0.15) is 35.6 Å². The Bertz CT molecular complexity index is 840. The Morgan fingerprint density at radius 1 is 0.800 bits per heavy atom. The van der Waals surface area contributed by atoms with Crippen molar-refractivity contribution in [3.8, 4) is 0 Å². The minimum absolute atomic E-state index is 0.143. The monoisotopic (exact) mass is 440 g/mol. The van der Waals surface area contributed by atoms with Crippen LogP contribution in [0.25, 0.3) is 0 Å². The van der Waals surface area contributed by atoms with Crippen LogP contribution in [0.5, 0.6) is 0 Å². The number of hydrogen-bond donors (Lipinski definition) is 2. The quantitative estimate of drug-likeness (QED) is 0.533. The van der Waals surface area contributed by atoms with Crippen LogP contribution in [0.15, 0.2) is 12.1 Å². The van der Waals surface area contributed by atoms with E-state index in [2.05, 4.69) is 21.0 Å². The van der Waals surface area contributed by atoms with E-state index >= 15 is 0 Å². The van der Waals surface area contributed by atoms with Crippen molar-refractivity contribution in [3.05, 3.63) is 34.9 Å². The molecule has 0 saturated heterocycles. The van der Waals surface area contributed by atoms with Gasteiger partial charge in [0, 0.05) is 24.2 Å². The predicted molar refractivity (Wildman–Crippen MR) is 89.5 cm³/mol. The summed E-state index contributed by atoms with van der Waals surface area (Å²) in [6, 6.07) is 1.70. The maximum absolute atomic E-state index is 12.6. The Labute approximate surface area is 166 Å². The van der Waals surface area contributed by atoms with E-state index < -0.39 is 35.6 Å². The van der Waals surface area contributed by atoms with E-state index in [0.717, 1.165) is 21.5 Å². The fraction of sp³-hybridized carbons (Fsp3) is 0.500. The number of rotatable bonds is 6. The van der Waals surface area contributed by atoms with Gasteiger partial charge in [-0.3, -0.25) is 29.8 Å². The number of aromatic nitrogens is 4. The van der Waals surface area contributed by atoms with Gasteiger partial charge in [-0.1, -0.05) is 0 Å². The summed E-state index contributed by atoms with van der Waals surface area (Å²) >= 11 is 0. The molecule has 14 heteroatoms. The normalized spacial score (nSPS) is 12.1. The van der Waals surface area contributed by atoms with Crippen LogP contribution < -0.4 is 10.9 Å². The van der Waals surface area contributed by atoms with Crippen molar-refractivity contribution < 1.29 is 35.9 Å². The third-order valence-corrected chi connectivity index (χ3v) is 3.99. The highest BCUT2D eigenvalue weighted by Crippen LogP contribution is 2.29. The van der Waals surface area contributed by atoms with Gasteiger partial charge in [0.15, 0.2) is 11.4 Å². The fourth-order valence-corrected chi connectivity index (χ4v) is 2.43. The summed E-state index contributed by atoms with van der Waals surface area (Å²) < 4.78 is 77.7. The van der Waals surface area contributed by atoms with Crippen molar-refractivity contribution in [1.29, 1.82) is 0 Å². The van der Waals surface area contributed by atoms with Crippen molar-refractivity contribution in [3.63, 3.8) is 0 Å². The van der Waals surface area contributed by atoms with Gasteiger partial charge in [-0.2, -0.15) is 36.5 Å². The first-order chi connectivity index (χ1) is 13.8. The van der Waals surface area contributed by atoms with Gasteiger partial charge in [-0.15, -0.1) is 0 Å². The van der Waals surface area contributed by atoms with Crippen LogP contribution in [-0.4, -0.2) is 31.4 Å². The van der Waals surface area contributed by atoms with E-state index in [-0.39, 0.29) is 37.3 Å². The second-order valence-corrected chi connectivity index (χ2v) is 6.38. The number of nitrogens with one attached hydrogen (secondary N) is 2. The van der Waals surface area contributed by atoms with Gasteiger partial charge in [-0.05, 0) is 26.0 Å². The Morgan fingerprint density at radius 3 is 1.40 bits per heavy atom. The number of hydrazine groups is 1. The number of carbonyl (C=O) groups excluding carboxylic acids is 2. The van der Waals surface area contributed by atoms with Crippen LogP contribution in [0, 0.1) is 13.8 Å². The van der Waals surface area contributed by atoms with E-state index in [4.69, 9.17) is 0 Å². The van der Waals surface area contributed by atoms with Gasteiger partial charge in [0.1, 0.15) is 0 Å². The zero-order valence-electron chi connectivity index (χ0n) is 15.9. The summed E-state index contributed by atoms with van der Waals surface area (Å²) in [5.74, 6) is -1.36. The molecule has 2 amide bonds. The number of hydrogen-bond acceptors (Lipinski definition) is 4. The highest BCUT2D eigenvalue weighted by Gasteiger charge is 2.35. The van der Waals surface area contributed by atoms with E-state index in [1.807, 2.05) is 0 Å². The van der Waals surface area contributed by atoms with Gasteiger partial charge in [0.2, 0.25) is 11.8 Å². The van der Waals surface area contributed by atoms with Crippen molar-refractivity contribution in [2.75, 3.05) is 0 Å². The van der Waals surface area contributed by atoms with Gasteiger partial charge in [0.05, 0.1) is 13.1 Å². The molecule has 8 nitrogen and oxygen atoms in total. The maximum Gasteiger partial charge on any atom is 0.435 e. The van der Waals surface area contributed by atoms with Crippen LogP contribution in [0.4, 0.5) is 26.3 Å². The summed E-state index contributed by atoms with van der Waals surface area (Å²) in [5, 5.41) is 6.75. The molecular formula is C16H18F6N6O2. The number of halogens is 6. The standard InChI is InChI=1S/C16H18F6N6O2/c1-9-7-11(15(17,18)19)25-27(9)5-3-13(29)23-24-14(30)4-6-28-10(2)8-12(26-28)16(20,21)22/h7-8H,3-6H2,1-2H3,(H,23,29)(H,24,30). The lowest BCUT2D eigenvalue weighted by molar-refractivity contribution is -0.142. The first kappa shape index (κ1) is 23.2. The molecule has 30 heavy (non-hydrogen) atoms. The average Bonchev–Trinajstić information content (AvgIpc) is 3.18. The minimum atomic E-state index is -4.60. The van der Waals surface area contributed by atoms with Crippen LogP contribution in [0.2, 0.25) is 0 Å². The molecule has 0 fully saturated rings. The second kappa shape index (κ2) is 8.75. The summed E-state index contributed by atoms with van der Waals surface area (Å²) in [6.45, 7) is 2.53. The molecule has 0 saturated carbocycles. The molecule has 2 aromatic heterocycles. The molecule has 2 aromatic rings. The number of amides is 2. The first-order valence-corrected chi connectivity index (χ1v) is 8.58. The van der Waals surface area contributed by atoms with Gasteiger partial charge < -0.3 is 0 Å². The third-order valence-electron chi connectivity index (χ3n) is 3.99. The average molecular weight is 440 g/mol. The minimum Gasteiger partial charge on any atom is -0.273 e. The predicted octanol–water partition coefficient (Wildman–Crippen LogP) is 2.36. The number of alkyl halides is 6. The fourth-order valence-electron chi connectivity index (χ4n) is 2.43. The molecule has 2 N–H and O–H groups in total. The molecule has 2 heterocycles. The van der Waals surface area contributed by atoms with Crippen molar-refractivity contribution in [1.82, 2.24) is 30.4 Å². The van der Waals surface area contributed by atoms with Crippen LogP contribution in [0.3, 0.4) is 0 Å². The van der Waals surface area contributed by atoms with E-state index in [9.17, 15) is 35.9 Å². The number of aryl methyl sites for hydroxylation is 4. The van der Waals surface area contributed by atoms with Gasteiger partial charge in [-0.25, -0.2) is 0 Å². The highest BCUT2D eigenvalue weighted by atomic mass is 19.4. The smallest absolute Gasteiger partial charge is 0.273 e. The lowest BCUT2D eigenvalue weighted by atomic mass is 10.3. The lowest BCUT2D eigenvalue weighted by Crippen LogP contribution is -2.42. The number of nitrogens with zero attached hydrogens (tertiary/aromatic N) is 4. The SMILES string of the molecule is Cc1cc(C(F)(F)F)nn1CCC(=O)NNC(=O)CCn1nc(C(F)(F)F)cc1C. The van der Waals surface area contributed by atoms with Crippen LogP contribution in [-0.2, 0) is 35.0 Å². The molecule has 0 aliphatic heterocycles. The van der Waals surface area contributed by atoms with Gasteiger partial charge in [0.25, 0.3) is 0 Å². The molecule has 0 aromatic carbocycles. The molecule has 166 valence electrons. The highest BCUT2D eigenvalue weighted by molar-refractivity contribution is 5.81. The molecular weight excluding hydrogens is 422 g/mol. The molecule has 0 aliphatic carbocycles. The Hall–Kier alpha value is -3.06. The molecule has 0 spiro atoms. The summed E-state index contributed by atoms with van der Waals surface area (Å²) in [7, 11) is 0. The van der Waals surface area contributed by atoms with Crippen LogP contribution >= 0.6 is 0 Å².